The molecule has 3 heteroatoms. The number of hydrogen-bond acceptors (Lipinski definition) is 2. The molecule has 2 rings (SSSR count). The number of hydrogen-bond donors (Lipinski definition) is 0. The average Bonchev–Trinajstić information content (AvgIpc) is 2.45. The Bertz CT molecular complexity index is 395. The number of nitrogens with zero attached hydrogens (tertiary/aromatic N) is 1. The van der Waals surface area contributed by atoms with Crippen LogP contribution in [0.25, 0.3) is 10.1 Å². The normalized spacial score (nSPS) is 12.2. The molecule has 0 fully saturated rings. The fourth-order valence-corrected chi connectivity index (χ4v) is 7.58. The van der Waals surface area contributed by atoms with E-state index in [1.54, 1.807) is 2.89 Å². The molecule has 0 unspecified atom stereocenters. The van der Waals surface area contributed by atoms with E-state index in [0.29, 0.717) is 0 Å². The molecule has 2 heterocycles. The second-order valence-electron chi connectivity index (χ2n) is 4.27. The fourth-order valence-electron chi connectivity index (χ4n) is 1.25. The van der Waals surface area contributed by atoms with Crippen molar-refractivity contribution < 1.29 is 0 Å². The molecule has 0 bridgehead atoms. The first kappa shape index (κ1) is 9.46. The molecule has 0 atom stereocenters. The van der Waals surface area contributed by atoms with Crippen molar-refractivity contribution in [3.63, 3.8) is 0 Å². The van der Waals surface area contributed by atoms with E-state index in [1.807, 2.05) is 23.7 Å². The number of thiophene rings is 1. The fraction of sp³-hybridized carbons (Fsp3) is 0.300. The predicted octanol–water partition coefficient (Wildman–Crippen LogP) is 2.84. The summed E-state index contributed by atoms with van der Waals surface area (Å²) >= 11 is 0.103. The van der Waals surface area contributed by atoms with Gasteiger partial charge in [-0.15, -0.1) is 0 Å². The summed E-state index contributed by atoms with van der Waals surface area (Å²) in [7, 11) is 0. The van der Waals surface area contributed by atoms with E-state index >= 15 is 0 Å². The summed E-state index contributed by atoms with van der Waals surface area (Å²) in [5.74, 6) is 0. The van der Waals surface area contributed by atoms with Gasteiger partial charge >= 0.3 is 87.0 Å². The molecule has 0 N–H and O–H groups in total. The molecule has 2 aromatic heterocycles. The van der Waals surface area contributed by atoms with Crippen molar-refractivity contribution in [1.82, 2.24) is 4.98 Å². The van der Waals surface area contributed by atoms with Crippen LogP contribution in [-0.2, 0) is 0 Å². The summed E-state index contributed by atoms with van der Waals surface area (Å²) in [4.78, 5) is 11.5. The monoisotopic (exact) mass is 299 g/mol. The Balaban J connectivity index is 2.63. The maximum absolute atomic E-state index is 4.14. The van der Waals surface area contributed by atoms with Crippen LogP contribution in [0, 0.1) is 0 Å². The second kappa shape index (κ2) is 3.24. The number of fused-ring (bicyclic) bond motifs is 1. The minimum atomic E-state index is -1.83. The van der Waals surface area contributed by atoms with Gasteiger partial charge in [0.15, 0.2) is 0 Å². The number of aromatic nitrogens is 1. The van der Waals surface area contributed by atoms with E-state index in [4.69, 9.17) is 0 Å². The van der Waals surface area contributed by atoms with Gasteiger partial charge in [0, 0.05) is 0 Å². The van der Waals surface area contributed by atoms with Crippen LogP contribution >= 0.6 is 11.3 Å². The first-order chi connectivity index (χ1) is 6.07. The molecule has 0 amide bonds. The summed E-state index contributed by atoms with van der Waals surface area (Å²) in [6.45, 7) is 0. The first-order valence-electron chi connectivity index (χ1n) is 4.41. The van der Waals surface area contributed by atoms with Crippen molar-refractivity contribution in [2.24, 2.45) is 0 Å². The molecule has 0 aromatic carbocycles. The molecule has 0 aliphatic heterocycles. The molecule has 68 valence electrons. The molecule has 0 aliphatic carbocycles. The predicted molar refractivity (Wildman–Crippen MR) is 62.6 cm³/mol. The van der Waals surface area contributed by atoms with Crippen LogP contribution in [0.2, 0.25) is 14.8 Å². The molecular formula is C10H13NSSn. The summed E-state index contributed by atoms with van der Waals surface area (Å²) in [5, 5.41) is 1.36. The molecule has 13 heavy (non-hydrogen) atoms. The van der Waals surface area contributed by atoms with E-state index in [0.717, 1.165) is 0 Å². The Kier molecular flexibility index (Phi) is 2.36. The summed E-state index contributed by atoms with van der Waals surface area (Å²) in [6, 6.07) is 4.46. The van der Waals surface area contributed by atoms with Crippen LogP contribution < -0.4 is 2.89 Å². The summed E-state index contributed by atoms with van der Waals surface area (Å²) in [6.07, 6.45) is 3.85. The van der Waals surface area contributed by atoms with E-state index in [1.165, 1.54) is 10.1 Å². The molecule has 0 saturated carbocycles. The zero-order valence-electron chi connectivity index (χ0n) is 8.16. The average molecular weight is 298 g/mol. The standard InChI is InChI=1S/C7H4NS.3CH3.Sn/c1-3-8-5-7-6(1)2-4-9-7;;;;/h1-3,5H;3*1H3;. The van der Waals surface area contributed by atoms with Gasteiger partial charge in [0.05, 0.1) is 0 Å². The van der Waals surface area contributed by atoms with Crippen molar-refractivity contribution in [3.8, 4) is 0 Å². The van der Waals surface area contributed by atoms with Crippen LogP contribution in [0.1, 0.15) is 0 Å². The van der Waals surface area contributed by atoms with E-state index < -0.39 is 18.4 Å². The van der Waals surface area contributed by atoms with E-state index in [-0.39, 0.29) is 0 Å². The van der Waals surface area contributed by atoms with Crippen LogP contribution in [0.15, 0.2) is 24.5 Å². The Morgan fingerprint density at radius 3 is 2.69 bits per heavy atom. The number of rotatable bonds is 1. The Labute approximate surface area is 86.7 Å². The van der Waals surface area contributed by atoms with Gasteiger partial charge in [0.1, 0.15) is 0 Å². The quantitative estimate of drug-likeness (QED) is 0.738. The topological polar surface area (TPSA) is 12.9 Å². The van der Waals surface area contributed by atoms with Gasteiger partial charge in [0.2, 0.25) is 0 Å². The molecule has 2 aromatic rings. The molecule has 0 aliphatic rings. The van der Waals surface area contributed by atoms with Crippen molar-refractivity contribution in [2.75, 3.05) is 0 Å². The third kappa shape index (κ3) is 1.88. The van der Waals surface area contributed by atoms with Gasteiger partial charge in [0.25, 0.3) is 0 Å². The van der Waals surface area contributed by atoms with Crippen molar-refractivity contribution in [2.45, 2.75) is 14.8 Å². The van der Waals surface area contributed by atoms with Crippen LogP contribution in [0.5, 0.6) is 0 Å². The van der Waals surface area contributed by atoms with Gasteiger partial charge < -0.3 is 0 Å². The number of pyridine rings is 1. The molecular weight excluding hydrogens is 285 g/mol. The summed E-state index contributed by atoms with van der Waals surface area (Å²) < 4.78 is 2.97. The van der Waals surface area contributed by atoms with Crippen LogP contribution in [0.3, 0.4) is 0 Å². The van der Waals surface area contributed by atoms with Crippen molar-refractivity contribution in [3.05, 3.63) is 24.5 Å². The van der Waals surface area contributed by atoms with Crippen molar-refractivity contribution in [1.29, 1.82) is 0 Å². The maximum atomic E-state index is 4.14. The van der Waals surface area contributed by atoms with Gasteiger partial charge in [-0.05, 0) is 0 Å². The molecule has 0 saturated heterocycles. The van der Waals surface area contributed by atoms with Gasteiger partial charge in [-0.3, -0.25) is 0 Å². The Morgan fingerprint density at radius 1 is 1.31 bits per heavy atom. The minimum absolute atomic E-state index is 1.34. The zero-order valence-corrected chi connectivity index (χ0v) is 11.8. The zero-order chi connectivity index (χ0) is 9.47. The van der Waals surface area contributed by atoms with E-state index in [9.17, 15) is 0 Å². The van der Waals surface area contributed by atoms with E-state index in [2.05, 4.69) is 31.9 Å². The molecule has 1 nitrogen and oxygen atoms in total. The third-order valence-electron chi connectivity index (χ3n) is 2.06. The summed E-state index contributed by atoms with van der Waals surface area (Å²) in [5.41, 5.74) is 0. The first-order valence-corrected chi connectivity index (χ1v) is 15.2. The van der Waals surface area contributed by atoms with Crippen LogP contribution in [0.4, 0.5) is 0 Å². The van der Waals surface area contributed by atoms with Gasteiger partial charge in [-0.1, -0.05) is 0 Å². The second-order valence-corrected chi connectivity index (χ2v) is 20.8. The Morgan fingerprint density at radius 2 is 2.08 bits per heavy atom. The molecule has 0 spiro atoms. The molecule has 0 radical (unpaired) electrons. The van der Waals surface area contributed by atoms with Crippen LogP contribution in [-0.4, -0.2) is 23.4 Å². The van der Waals surface area contributed by atoms with Crippen molar-refractivity contribution >= 4 is 42.7 Å². The van der Waals surface area contributed by atoms with Gasteiger partial charge in [-0.2, -0.15) is 0 Å². The SMILES string of the molecule is [CH3][Sn]([CH3])([CH3])[c]1cc2ccncc2s1. The Hall–Kier alpha value is -0.0913. The third-order valence-corrected chi connectivity index (χ3v) is 12.6. The van der Waals surface area contributed by atoms with Gasteiger partial charge in [-0.25, -0.2) is 0 Å².